The van der Waals surface area contributed by atoms with E-state index < -0.39 is 5.82 Å². The summed E-state index contributed by atoms with van der Waals surface area (Å²) in [7, 11) is 0. The van der Waals surface area contributed by atoms with Crippen molar-refractivity contribution >= 4 is 61.6 Å². The van der Waals surface area contributed by atoms with Crippen LogP contribution in [0.5, 0.6) is 0 Å². The molecule has 0 bridgehead atoms. The zero-order valence-corrected chi connectivity index (χ0v) is 27.8. The third-order valence-electron chi connectivity index (χ3n) is 8.02. The van der Waals surface area contributed by atoms with Crippen molar-refractivity contribution in [2.45, 2.75) is 13.8 Å². The summed E-state index contributed by atoms with van der Waals surface area (Å²) in [6, 6.07) is 46.1. The van der Waals surface area contributed by atoms with E-state index in [1.807, 2.05) is 112 Å². The van der Waals surface area contributed by atoms with E-state index >= 15 is 4.39 Å². The molecule has 0 unspecified atom stereocenters. The van der Waals surface area contributed by atoms with Crippen LogP contribution in [0, 0.1) is 31.8 Å². The third-order valence-corrected chi connectivity index (χ3v) is 8.02. The second kappa shape index (κ2) is 12.4. The van der Waals surface area contributed by atoms with Crippen LogP contribution >= 0.6 is 0 Å². The molecule has 8 heteroatoms. The molecule has 0 radical (unpaired) electrons. The Morgan fingerprint density at radius 3 is 2.15 bits per heavy atom. The Kier molecular flexibility index (Phi) is 8.00. The maximum atomic E-state index is 16.6. The van der Waals surface area contributed by atoms with Gasteiger partial charge >= 0.3 is 21.1 Å². The summed E-state index contributed by atoms with van der Waals surface area (Å²) in [6.07, 6.45) is 1.77. The maximum absolute atomic E-state index is 16.6. The van der Waals surface area contributed by atoms with Gasteiger partial charge in [0.15, 0.2) is 0 Å². The van der Waals surface area contributed by atoms with Crippen molar-refractivity contribution in [3.63, 3.8) is 0 Å². The number of hydrogen-bond acceptors (Lipinski definition) is 5. The molecule has 0 spiro atoms. The van der Waals surface area contributed by atoms with Crippen LogP contribution in [0.2, 0.25) is 0 Å². The average molecular weight is 794 g/mol. The van der Waals surface area contributed by atoms with Gasteiger partial charge in [-0.1, -0.05) is 82.3 Å². The number of aryl methyl sites for hydroxylation is 2. The molecule has 0 atom stereocenters. The number of rotatable bonds is 6. The predicted molar refractivity (Wildman–Crippen MR) is 182 cm³/mol. The molecular weight excluding hydrogens is 767 g/mol. The topological polar surface area (TPSA) is 49.6 Å². The maximum Gasteiger partial charge on any atom is 2.00 e. The molecule has 8 aromatic rings. The zero-order chi connectivity index (χ0) is 31.2. The Labute approximate surface area is 286 Å². The molecule has 3 heterocycles. The average Bonchev–Trinajstić information content (AvgIpc) is 3.49. The molecule has 0 N–H and O–H groups in total. The van der Waals surface area contributed by atoms with Gasteiger partial charge in [-0.15, -0.1) is 30.3 Å². The Balaban J connectivity index is 0.00000351. The smallest absolute Gasteiger partial charge is 0.350 e. The van der Waals surface area contributed by atoms with Crippen molar-refractivity contribution in [1.82, 2.24) is 19.6 Å². The van der Waals surface area contributed by atoms with E-state index in [1.54, 1.807) is 12.3 Å². The second-order valence-electron chi connectivity index (χ2n) is 11.1. The van der Waals surface area contributed by atoms with Crippen LogP contribution < -0.4 is 9.80 Å². The van der Waals surface area contributed by atoms with Gasteiger partial charge in [-0.2, -0.15) is 11.2 Å². The number of benzene rings is 5. The molecule has 0 fully saturated rings. The first kappa shape index (κ1) is 30.3. The number of anilines is 6. The van der Waals surface area contributed by atoms with Crippen LogP contribution in [-0.4, -0.2) is 19.6 Å². The van der Waals surface area contributed by atoms with Crippen molar-refractivity contribution in [1.29, 1.82) is 0 Å². The van der Waals surface area contributed by atoms with Gasteiger partial charge < -0.3 is 9.80 Å². The van der Waals surface area contributed by atoms with Crippen molar-refractivity contribution < 1.29 is 25.5 Å². The van der Waals surface area contributed by atoms with Crippen LogP contribution in [0.15, 0.2) is 128 Å². The summed E-state index contributed by atoms with van der Waals surface area (Å²) >= 11 is 0. The standard InChI is InChI=1S/C39H27FN6.Pt/c1-26-18-20-29(21-19-26)45(38-17-8-9-22-41-38)31-14-10-13-30(23-31)44(28-11-4-3-5-12-28)37-25-34-33(24-35(37)40)32-15-6-7-16-36(32)46-39(34)42-27(2)43-46;/h3-22,24H,1-2H3;/q-2;+2. The minimum Gasteiger partial charge on any atom is -0.350 e. The van der Waals surface area contributed by atoms with Gasteiger partial charge in [0.25, 0.3) is 0 Å². The molecular formula is C39H27FN6Pt. The van der Waals surface area contributed by atoms with Crippen LogP contribution in [0.25, 0.3) is 27.3 Å². The normalized spacial score (nSPS) is 11.1. The van der Waals surface area contributed by atoms with Gasteiger partial charge in [-0.25, -0.2) is 4.98 Å². The molecule has 5 aromatic carbocycles. The summed E-state index contributed by atoms with van der Waals surface area (Å²) in [4.78, 5) is 13.3. The first-order chi connectivity index (χ1) is 22.5. The largest absolute Gasteiger partial charge is 2.00 e. The third kappa shape index (κ3) is 5.43. The fourth-order valence-electron chi connectivity index (χ4n) is 5.94. The molecule has 47 heavy (non-hydrogen) atoms. The number of aromatic nitrogens is 4. The number of fused-ring (bicyclic) bond motifs is 6. The minimum atomic E-state index is -0.416. The van der Waals surface area contributed by atoms with E-state index in [2.05, 4.69) is 53.4 Å². The van der Waals surface area contributed by atoms with Crippen molar-refractivity contribution in [3.05, 3.63) is 157 Å². The van der Waals surface area contributed by atoms with Gasteiger partial charge in [0, 0.05) is 17.6 Å². The van der Waals surface area contributed by atoms with Crippen molar-refractivity contribution in [2.75, 3.05) is 9.80 Å². The fraction of sp³-hybridized carbons (Fsp3) is 0.0513. The Morgan fingerprint density at radius 1 is 0.681 bits per heavy atom. The van der Waals surface area contributed by atoms with E-state index in [4.69, 9.17) is 4.98 Å². The van der Waals surface area contributed by atoms with Gasteiger partial charge in [0.1, 0.15) is 11.6 Å². The summed E-state index contributed by atoms with van der Waals surface area (Å²) < 4.78 is 18.4. The molecule has 0 saturated heterocycles. The molecule has 230 valence electrons. The SMILES string of the molecule is Cc1ccc(N(c2[c-]c(N(c3ccccc3)c3[c-]c4c(cc3F)c3ccccc3n3nc(C)nc43)ccc2)c2ccccn2)cc1.[Pt+2]. The van der Waals surface area contributed by atoms with Crippen molar-refractivity contribution in [2.24, 2.45) is 0 Å². The quantitative estimate of drug-likeness (QED) is 0.124. The summed E-state index contributed by atoms with van der Waals surface area (Å²) in [5.41, 5.74) is 5.99. The van der Waals surface area contributed by atoms with Crippen LogP contribution in [0.1, 0.15) is 11.4 Å². The first-order valence-electron chi connectivity index (χ1n) is 15.0. The molecule has 0 aliphatic rings. The summed E-state index contributed by atoms with van der Waals surface area (Å²) in [6.45, 7) is 3.92. The number of hydrogen-bond donors (Lipinski definition) is 0. The van der Waals surface area contributed by atoms with Gasteiger partial charge in [0.05, 0.1) is 17.0 Å². The number of pyridine rings is 2. The van der Waals surface area contributed by atoms with Gasteiger partial charge in [0.2, 0.25) is 0 Å². The predicted octanol–water partition coefficient (Wildman–Crippen LogP) is 9.72. The molecule has 8 rings (SSSR count). The molecule has 0 aliphatic carbocycles. The summed E-state index contributed by atoms with van der Waals surface area (Å²) in [5.74, 6) is 0.954. The molecule has 0 amide bonds. The summed E-state index contributed by atoms with van der Waals surface area (Å²) in [5, 5.41) is 6.94. The van der Waals surface area contributed by atoms with Gasteiger partial charge in [-0.3, -0.25) is 13.9 Å². The number of para-hydroxylation sites is 2. The van der Waals surface area contributed by atoms with Crippen LogP contribution in [-0.2, 0) is 21.1 Å². The van der Waals surface area contributed by atoms with E-state index in [0.29, 0.717) is 22.5 Å². The molecule has 0 saturated carbocycles. The molecule has 0 aliphatic heterocycles. The molecule has 6 nitrogen and oxygen atoms in total. The van der Waals surface area contributed by atoms with Gasteiger partial charge in [-0.05, 0) is 67.4 Å². The second-order valence-corrected chi connectivity index (χ2v) is 11.1. The Morgan fingerprint density at radius 2 is 1.38 bits per heavy atom. The van der Waals surface area contributed by atoms with E-state index in [9.17, 15) is 0 Å². The zero-order valence-electron chi connectivity index (χ0n) is 25.5. The first-order valence-corrected chi connectivity index (χ1v) is 15.0. The monoisotopic (exact) mass is 793 g/mol. The fourth-order valence-corrected chi connectivity index (χ4v) is 5.94. The van der Waals surface area contributed by atoms with E-state index in [-0.39, 0.29) is 26.8 Å². The van der Waals surface area contributed by atoms with Crippen molar-refractivity contribution in [3.8, 4) is 0 Å². The Hall–Kier alpha value is -5.39. The van der Waals surface area contributed by atoms with E-state index in [1.165, 1.54) is 0 Å². The number of halogens is 1. The van der Waals surface area contributed by atoms with E-state index in [0.717, 1.165) is 44.7 Å². The Bertz CT molecular complexity index is 2360. The minimum absolute atomic E-state index is 0. The number of nitrogens with zero attached hydrogens (tertiary/aromatic N) is 6. The van der Waals surface area contributed by atoms with Crippen LogP contribution in [0.4, 0.5) is 38.6 Å². The molecule has 3 aromatic heterocycles. The van der Waals surface area contributed by atoms with Crippen LogP contribution in [0.3, 0.4) is 0 Å².